The van der Waals surface area contributed by atoms with E-state index in [0.717, 1.165) is 24.8 Å². The normalized spacial score (nSPS) is 19.1. The fraction of sp³-hybridized carbons (Fsp3) is 0.538. The summed E-state index contributed by atoms with van der Waals surface area (Å²) in [4.78, 5) is 69.6. The largest absolute Gasteiger partial charge is 0.461 e. The minimum Gasteiger partial charge on any atom is -0.461 e. The third-order valence-electron chi connectivity index (χ3n) is 8.27. The molecule has 1 unspecified atom stereocenters. The number of nitrogens with one attached hydrogen (secondary N) is 2. The summed E-state index contributed by atoms with van der Waals surface area (Å²) >= 11 is 1.29. The van der Waals surface area contributed by atoms with Gasteiger partial charge in [-0.15, -0.1) is 0 Å². The fourth-order valence-corrected chi connectivity index (χ4v) is 6.30. The molecule has 0 spiro atoms. The van der Waals surface area contributed by atoms with Gasteiger partial charge in [0.25, 0.3) is 0 Å². The highest BCUT2D eigenvalue weighted by Gasteiger charge is 2.30. The molecule has 2 amide bonds. The van der Waals surface area contributed by atoms with Crippen molar-refractivity contribution < 1.29 is 33.4 Å². The van der Waals surface area contributed by atoms with Gasteiger partial charge in [0.1, 0.15) is 18.8 Å². The molecule has 2 heterocycles. The Kier molecular flexibility index (Phi) is 18.3. The van der Waals surface area contributed by atoms with Crippen LogP contribution in [0.3, 0.4) is 0 Å². The number of nitrogens with zero attached hydrogens (tertiary/aromatic N) is 1. The third kappa shape index (κ3) is 16.1. The van der Waals surface area contributed by atoms with Crippen LogP contribution < -0.4 is 10.6 Å². The number of ether oxygens (including phenoxy) is 2. The summed E-state index contributed by atoms with van der Waals surface area (Å²) in [6.07, 6.45) is 9.40. The lowest BCUT2D eigenvalue weighted by molar-refractivity contribution is -0.153. The van der Waals surface area contributed by atoms with E-state index in [1.165, 1.54) is 24.6 Å². The van der Waals surface area contributed by atoms with E-state index < -0.39 is 35.9 Å². The monoisotopic (exact) mass is 707 g/mol. The van der Waals surface area contributed by atoms with Gasteiger partial charge in [-0.1, -0.05) is 101 Å². The number of thioether (sulfide) groups is 1. The van der Waals surface area contributed by atoms with Gasteiger partial charge in [0, 0.05) is 30.7 Å². The zero-order valence-electron chi connectivity index (χ0n) is 29.7. The smallest absolute Gasteiger partial charge is 0.329 e. The summed E-state index contributed by atoms with van der Waals surface area (Å²) in [7, 11) is 0. The van der Waals surface area contributed by atoms with Crippen LogP contribution >= 0.6 is 11.8 Å². The van der Waals surface area contributed by atoms with Gasteiger partial charge in [0.15, 0.2) is 5.12 Å². The van der Waals surface area contributed by atoms with Crippen molar-refractivity contribution >= 4 is 40.6 Å². The number of esters is 2. The number of benzene rings is 1. The Labute approximate surface area is 300 Å². The number of hydrogen-bond acceptors (Lipinski definition) is 9. The zero-order chi connectivity index (χ0) is 36.1. The Balaban J connectivity index is 1.68. The Hall–Kier alpha value is -3.99. The summed E-state index contributed by atoms with van der Waals surface area (Å²) in [5.74, 6) is -1.99. The van der Waals surface area contributed by atoms with Crippen LogP contribution in [-0.2, 0) is 53.0 Å². The van der Waals surface area contributed by atoms with Crippen molar-refractivity contribution in [3.8, 4) is 0 Å². The SMILES string of the molecule is CCCCCCCC(=O)SCC/C=C/[C@@H]1CC(=O)NCc2cccc(n2)CC(CC(=O)OCc2ccccc2)CC(=O)N[C@@H](C(C)C)C(=O)O1. The quantitative estimate of drug-likeness (QED) is 0.122. The van der Waals surface area contributed by atoms with Gasteiger partial charge in [-0.25, -0.2) is 4.79 Å². The molecule has 0 saturated carbocycles. The highest BCUT2D eigenvalue weighted by atomic mass is 32.2. The van der Waals surface area contributed by atoms with Crippen LogP contribution in [0.25, 0.3) is 0 Å². The molecule has 272 valence electrons. The Morgan fingerprint density at radius 1 is 0.960 bits per heavy atom. The maximum Gasteiger partial charge on any atom is 0.329 e. The topological polar surface area (TPSA) is 141 Å². The second-order valence-corrected chi connectivity index (χ2v) is 14.2. The Bertz CT molecular complexity index is 1420. The molecule has 2 aromatic rings. The lowest BCUT2D eigenvalue weighted by Crippen LogP contribution is -2.47. The van der Waals surface area contributed by atoms with E-state index in [9.17, 15) is 24.0 Å². The van der Waals surface area contributed by atoms with Crippen LogP contribution in [0.15, 0.2) is 60.7 Å². The van der Waals surface area contributed by atoms with E-state index in [1.54, 1.807) is 26.0 Å². The summed E-state index contributed by atoms with van der Waals surface area (Å²) in [6.45, 7) is 6.05. The summed E-state index contributed by atoms with van der Waals surface area (Å²) in [5, 5.41) is 5.85. The number of pyridine rings is 1. The minimum atomic E-state index is -0.966. The second-order valence-electron chi connectivity index (χ2n) is 13.1. The highest BCUT2D eigenvalue weighted by Crippen LogP contribution is 2.19. The van der Waals surface area contributed by atoms with Crippen molar-refractivity contribution in [1.29, 1.82) is 0 Å². The fourth-order valence-electron chi connectivity index (χ4n) is 5.53. The predicted octanol–water partition coefficient (Wildman–Crippen LogP) is 6.40. The molecule has 1 aromatic carbocycles. The van der Waals surface area contributed by atoms with Crippen molar-refractivity contribution in [3.63, 3.8) is 0 Å². The molecule has 0 saturated heterocycles. The first kappa shape index (κ1) is 40.4. The second kappa shape index (κ2) is 22.7. The average Bonchev–Trinajstić information content (AvgIpc) is 3.08. The average molecular weight is 708 g/mol. The molecule has 0 fully saturated rings. The molecule has 1 aliphatic heterocycles. The number of carbonyl (C=O) groups is 5. The molecule has 0 radical (unpaired) electrons. The molecule has 11 heteroatoms. The highest BCUT2D eigenvalue weighted by molar-refractivity contribution is 8.13. The molecule has 1 aromatic heterocycles. The Morgan fingerprint density at radius 3 is 2.48 bits per heavy atom. The molecule has 3 rings (SSSR count). The van der Waals surface area contributed by atoms with Crippen molar-refractivity contribution in [2.45, 2.75) is 117 Å². The molecule has 2 N–H and O–H groups in total. The molecule has 10 nitrogen and oxygen atoms in total. The summed E-state index contributed by atoms with van der Waals surface area (Å²) in [5.41, 5.74) is 2.15. The van der Waals surface area contributed by atoms with E-state index in [2.05, 4.69) is 22.5 Å². The molecular weight excluding hydrogens is 655 g/mol. The number of unbranched alkanes of at least 4 members (excludes halogenated alkanes) is 4. The van der Waals surface area contributed by atoms with Crippen LogP contribution in [0.5, 0.6) is 0 Å². The van der Waals surface area contributed by atoms with Crippen LogP contribution in [0.2, 0.25) is 0 Å². The number of rotatable bonds is 15. The van der Waals surface area contributed by atoms with E-state index in [1.807, 2.05) is 48.5 Å². The maximum atomic E-state index is 13.4. The van der Waals surface area contributed by atoms with Gasteiger partial charge in [-0.05, 0) is 54.9 Å². The van der Waals surface area contributed by atoms with Gasteiger partial charge < -0.3 is 20.1 Å². The minimum absolute atomic E-state index is 0.0185. The molecule has 0 aliphatic carbocycles. The van der Waals surface area contributed by atoms with Gasteiger partial charge in [-0.3, -0.25) is 24.2 Å². The van der Waals surface area contributed by atoms with E-state index in [4.69, 9.17) is 9.47 Å². The van der Waals surface area contributed by atoms with Crippen molar-refractivity contribution in [1.82, 2.24) is 15.6 Å². The summed E-state index contributed by atoms with van der Waals surface area (Å²) < 4.78 is 11.3. The number of hydrogen-bond donors (Lipinski definition) is 2. The molecular formula is C39H53N3O7S. The van der Waals surface area contributed by atoms with E-state index >= 15 is 0 Å². The number of cyclic esters (lactones) is 1. The molecule has 1 aliphatic rings. The van der Waals surface area contributed by atoms with Crippen molar-refractivity contribution in [2.24, 2.45) is 11.8 Å². The van der Waals surface area contributed by atoms with Crippen molar-refractivity contribution in [2.75, 3.05) is 5.75 Å². The first-order valence-corrected chi connectivity index (χ1v) is 18.8. The van der Waals surface area contributed by atoms with Gasteiger partial charge >= 0.3 is 11.9 Å². The van der Waals surface area contributed by atoms with Crippen LogP contribution in [-0.4, -0.2) is 51.8 Å². The number of carbonyl (C=O) groups excluding carboxylic acids is 5. The lowest BCUT2D eigenvalue weighted by Gasteiger charge is -2.25. The number of aromatic nitrogens is 1. The van der Waals surface area contributed by atoms with Crippen LogP contribution in [0.4, 0.5) is 0 Å². The first-order chi connectivity index (χ1) is 24.1. The molecule has 50 heavy (non-hydrogen) atoms. The molecule has 3 atom stereocenters. The number of fused-ring (bicyclic) bond motifs is 2. The lowest BCUT2D eigenvalue weighted by atomic mass is 9.94. The molecule has 2 bridgehead atoms. The van der Waals surface area contributed by atoms with Crippen LogP contribution in [0, 0.1) is 11.8 Å². The van der Waals surface area contributed by atoms with E-state index in [0.29, 0.717) is 36.4 Å². The Morgan fingerprint density at radius 2 is 1.72 bits per heavy atom. The van der Waals surface area contributed by atoms with Gasteiger partial charge in [-0.2, -0.15) is 0 Å². The van der Waals surface area contributed by atoms with E-state index in [-0.39, 0.29) is 49.4 Å². The van der Waals surface area contributed by atoms with Crippen LogP contribution in [0.1, 0.15) is 102 Å². The number of amides is 2. The zero-order valence-corrected chi connectivity index (χ0v) is 30.5. The van der Waals surface area contributed by atoms with Crippen molar-refractivity contribution in [3.05, 3.63) is 77.6 Å². The standard InChI is InChI=1S/C39H53N3O7S/c1-4-5-6-7-11-20-37(46)50-21-13-12-19-33-25-34(43)40-26-32-18-14-17-31(41-32)22-30(23-35(44)42-38(28(2)3)39(47)49-33)24-36(45)48-27-29-15-9-8-10-16-29/h8-10,12,14-19,28,30,33,38H,4-7,11,13,20-27H2,1-3H3,(H,40,43)(H,42,44)/b19-12+/t30?,33-,38+/m1/s1. The van der Waals surface area contributed by atoms with Gasteiger partial charge in [0.2, 0.25) is 11.8 Å². The first-order valence-electron chi connectivity index (χ1n) is 17.9. The predicted molar refractivity (Wildman–Crippen MR) is 195 cm³/mol. The maximum absolute atomic E-state index is 13.4. The van der Waals surface area contributed by atoms with Gasteiger partial charge in [0.05, 0.1) is 18.7 Å². The summed E-state index contributed by atoms with van der Waals surface area (Å²) in [6, 6.07) is 13.8. The third-order valence-corrected chi connectivity index (χ3v) is 9.24. The number of allylic oxidation sites excluding steroid dienone is 1.